The average Bonchev–Trinajstić information content (AvgIpc) is 3.09. The smallest absolute Gasteiger partial charge is 0.230 e. The van der Waals surface area contributed by atoms with Crippen molar-refractivity contribution in [2.24, 2.45) is 13.0 Å². The minimum absolute atomic E-state index is 0.0524. The minimum Gasteiger partial charge on any atom is -0.493 e. The molecule has 1 aliphatic rings. The zero-order valence-electron chi connectivity index (χ0n) is 17.6. The summed E-state index contributed by atoms with van der Waals surface area (Å²) >= 11 is 1.39. The third-order valence-corrected chi connectivity index (χ3v) is 6.42. The van der Waals surface area contributed by atoms with E-state index >= 15 is 0 Å². The molecule has 0 bridgehead atoms. The molecule has 1 fully saturated rings. The molecular formula is C21H30N4O3S. The van der Waals surface area contributed by atoms with Gasteiger partial charge in [0.15, 0.2) is 28.6 Å². The monoisotopic (exact) mass is 418 g/mol. The molecule has 1 N–H and O–H groups in total. The van der Waals surface area contributed by atoms with Gasteiger partial charge in [0.1, 0.15) is 0 Å². The second kappa shape index (κ2) is 10.0. The Morgan fingerprint density at radius 2 is 2.00 bits per heavy atom. The molecule has 3 unspecified atom stereocenters. The Morgan fingerprint density at radius 1 is 1.28 bits per heavy atom. The number of amides is 1. The quantitative estimate of drug-likeness (QED) is 0.658. The van der Waals surface area contributed by atoms with Gasteiger partial charge in [0.05, 0.1) is 12.9 Å². The molecule has 0 saturated heterocycles. The SMILES string of the molecule is COc1ccccc1OC(C)c1nnc(SCC(=O)NC2CCCCC2C)n1C. The summed E-state index contributed by atoms with van der Waals surface area (Å²) < 4.78 is 13.2. The molecule has 8 heteroatoms. The lowest BCUT2D eigenvalue weighted by molar-refractivity contribution is -0.119. The highest BCUT2D eigenvalue weighted by molar-refractivity contribution is 7.99. The number of benzene rings is 1. The van der Waals surface area contributed by atoms with Crippen molar-refractivity contribution in [3.8, 4) is 11.5 Å². The van der Waals surface area contributed by atoms with Crippen LogP contribution in [0, 0.1) is 5.92 Å². The van der Waals surface area contributed by atoms with Gasteiger partial charge in [-0.2, -0.15) is 0 Å². The number of carbonyl (C=O) groups is 1. The molecule has 7 nitrogen and oxygen atoms in total. The zero-order valence-corrected chi connectivity index (χ0v) is 18.4. The van der Waals surface area contributed by atoms with E-state index in [1.807, 2.05) is 42.8 Å². The molecular weight excluding hydrogens is 388 g/mol. The van der Waals surface area contributed by atoms with E-state index in [4.69, 9.17) is 9.47 Å². The number of thioether (sulfide) groups is 1. The van der Waals surface area contributed by atoms with Gasteiger partial charge in [0.25, 0.3) is 0 Å². The van der Waals surface area contributed by atoms with E-state index in [2.05, 4.69) is 22.4 Å². The van der Waals surface area contributed by atoms with Gasteiger partial charge in [0, 0.05) is 13.1 Å². The van der Waals surface area contributed by atoms with Crippen LogP contribution in [0.15, 0.2) is 29.4 Å². The summed E-state index contributed by atoms with van der Waals surface area (Å²) in [5.41, 5.74) is 0. The second-order valence-electron chi connectivity index (χ2n) is 7.54. The third kappa shape index (κ3) is 5.44. The summed E-state index contributed by atoms with van der Waals surface area (Å²) in [6, 6.07) is 7.80. The normalized spacial score (nSPS) is 20.1. The highest BCUT2D eigenvalue weighted by atomic mass is 32.2. The first-order valence-corrected chi connectivity index (χ1v) is 11.1. The number of ether oxygens (including phenoxy) is 2. The van der Waals surface area contributed by atoms with Crippen LogP contribution in [0.25, 0.3) is 0 Å². The predicted molar refractivity (Wildman–Crippen MR) is 113 cm³/mol. The highest BCUT2D eigenvalue weighted by Gasteiger charge is 2.23. The number of hydrogen-bond donors (Lipinski definition) is 1. The molecule has 1 heterocycles. The maximum absolute atomic E-state index is 12.4. The summed E-state index contributed by atoms with van der Waals surface area (Å²) in [7, 11) is 3.50. The lowest BCUT2D eigenvalue weighted by Gasteiger charge is -2.29. The summed E-state index contributed by atoms with van der Waals surface area (Å²) in [4.78, 5) is 12.4. The molecule has 1 amide bonds. The van der Waals surface area contributed by atoms with E-state index in [-0.39, 0.29) is 12.0 Å². The third-order valence-electron chi connectivity index (χ3n) is 5.40. The number of methoxy groups -OCH3 is 1. The van der Waals surface area contributed by atoms with Crippen molar-refractivity contribution in [1.82, 2.24) is 20.1 Å². The van der Waals surface area contributed by atoms with Gasteiger partial charge in [-0.05, 0) is 37.8 Å². The van der Waals surface area contributed by atoms with Gasteiger partial charge in [-0.3, -0.25) is 4.79 Å². The fraction of sp³-hybridized carbons (Fsp3) is 0.571. The molecule has 29 heavy (non-hydrogen) atoms. The molecule has 0 radical (unpaired) electrons. The van der Waals surface area contributed by atoms with Gasteiger partial charge >= 0.3 is 0 Å². The fourth-order valence-electron chi connectivity index (χ4n) is 3.67. The lowest BCUT2D eigenvalue weighted by atomic mass is 9.86. The Morgan fingerprint density at radius 3 is 2.72 bits per heavy atom. The fourth-order valence-corrected chi connectivity index (χ4v) is 4.40. The highest BCUT2D eigenvalue weighted by Crippen LogP contribution is 2.31. The summed E-state index contributed by atoms with van der Waals surface area (Å²) in [5.74, 6) is 2.95. The van der Waals surface area contributed by atoms with Crippen molar-refractivity contribution >= 4 is 17.7 Å². The van der Waals surface area contributed by atoms with Crippen LogP contribution in [0.2, 0.25) is 0 Å². The average molecular weight is 419 g/mol. The number of rotatable bonds is 8. The molecule has 158 valence electrons. The van der Waals surface area contributed by atoms with Crippen LogP contribution < -0.4 is 14.8 Å². The van der Waals surface area contributed by atoms with E-state index in [0.29, 0.717) is 40.2 Å². The van der Waals surface area contributed by atoms with Crippen LogP contribution >= 0.6 is 11.8 Å². The van der Waals surface area contributed by atoms with Crippen molar-refractivity contribution in [3.63, 3.8) is 0 Å². The lowest BCUT2D eigenvalue weighted by Crippen LogP contribution is -2.41. The minimum atomic E-state index is -0.310. The first-order valence-electron chi connectivity index (χ1n) is 10.1. The van der Waals surface area contributed by atoms with Gasteiger partial charge < -0.3 is 19.4 Å². The molecule has 1 aromatic carbocycles. The summed E-state index contributed by atoms with van der Waals surface area (Å²) in [6.07, 6.45) is 4.41. The van der Waals surface area contributed by atoms with E-state index in [1.165, 1.54) is 31.0 Å². The van der Waals surface area contributed by atoms with Gasteiger partial charge in [-0.25, -0.2) is 0 Å². The van der Waals surface area contributed by atoms with Crippen molar-refractivity contribution in [1.29, 1.82) is 0 Å². The molecule has 1 saturated carbocycles. The van der Waals surface area contributed by atoms with Crippen LogP contribution in [0.4, 0.5) is 0 Å². The molecule has 3 rings (SSSR count). The molecule has 1 aliphatic carbocycles. The van der Waals surface area contributed by atoms with Crippen LogP contribution in [-0.4, -0.2) is 39.6 Å². The largest absolute Gasteiger partial charge is 0.493 e. The molecule has 1 aromatic heterocycles. The van der Waals surface area contributed by atoms with E-state index in [1.54, 1.807) is 7.11 Å². The van der Waals surface area contributed by atoms with Crippen molar-refractivity contribution in [2.75, 3.05) is 12.9 Å². The Hall–Kier alpha value is -2.22. The number of para-hydroxylation sites is 2. The number of aromatic nitrogens is 3. The van der Waals surface area contributed by atoms with Crippen LogP contribution in [0.1, 0.15) is 51.5 Å². The Kier molecular flexibility index (Phi) is 7.41. The van der Waals surface area contributed by atoms with Gasteiger partial charge in [-0.1, -0.05) is 43.7 Å². The number of hydrogen-bond acceptors (Lipinski definition) is 6. The molecule has 0 aliphatic heterocycles. The van der Waals surface area contributed by atoms with Crippen LogP contribution in [0.3, 0.4) is 0 Å². The Labute approximate surface area is 176 Å². The molecule has 2 aromatic rings. The molecule has 3 atom stereocenters. The topological polar surface area (TPSA) is 78.3 Å². The number of carbonyl (C=O) groups excluding carboxylic acids is 1. The van der Waals surface area contributed by atoms with Crippen LogP contribution in [0.5, 0.6) is 11.5 Å². The first kappa shape index (κ1) is 21.5. The zero-order chi connectivity index (χ0) is 20.8. The molecule has 0 spiro atoms. The van der Waals surface area contributed by atoms with E-state index in [0.717, 1.165) is 6.42 Å². The second-order valence-corrected chi connectivity index (χ2v) is 8.48. The first-order chi connectivity index (χ1) is 14.0. The summed E-state index contributed by atoms with van der Waals surface area (Å²) in [6.45, 7) is 4.14. The van der Waals surface area contributed by atoms with Gasteiger partial charge in [-0.15, -0.1) is 10.2 Å². The van der Waals surface area contributed by atoms with Crippen molar-refractivity contribution in [2.45, 2.75) is 56.8 Å². The van der Waals surface area contributed by atoms with Crippen LogP contribution in [-0.2, 0) is 11.8 Å². The maximum Gasteiger partial charge on any atom is 0.230 e. The van der Waals surface area contributed by atoms with E-state index in [9.17, 15) is 4.79 Å². The predicted octanol–water partition coefficient (Wildman–Crippen LogP) is 3.75. The Balaban J connectivity index is 1.56. The number of nitrogens with one attached hydrogen (secondary N) is 1. The summed E-state index contributed by atoms with van der Waals surface area (Å²) in [5, 5.41) is 12.4. The maximum atomic E-state index is 12.4. The standard InChI is InChI=1S/C21H30N4O3S/c1-14-9-5-6-10-16(14)22-19(26)13-29-21-24-23-20(25(21)3)15(2)28-18-12-8-7-11-17(18)27-4/h7-8,11-12,14-16H,5-6,9-10,13H2,1-4H3,(H,22,26). The van der Waals surface area contributed by atoms with Crippen molar-refractivity contribution in [3.05, 3.63) is 30.1 Å². The Bertz CT molecular complexity index is 826. The van der Waals surface area contributed by atoms with Crippen molar-refractivity contribution < 1.29 is 14.3 Å². The van der Waals surface area contributed by atoms with E-state index < -0.39 is 0 Å². The number of nitrogens with zero attached hydrogens (tertiary/aromatic N) is 3. The van der Waals surface area contributed by atoms with Gasteiger partial charge in [0.2, 0.25) is 5.91 Å².